The lowest BCUT2D eigenvalue weighted by Crippen LogP contribution is -2.13. The Morgan fingerprint density at radius 3 is 2.63 bits per heavy atom. The van der Waals surface area contributed by atoms with Gasteiger partial charge in [0.25, 0.3) is 5.91 Å². The van der Waals surface area contributed by atoms with Crippen LogP contribution in [0.2, 0.25) is 10.3 Å². The highest BCUT2D eigenvalue weighted by Crippen LogP contribution is 2.21. The number of nitrogens with two attached hydrogens (primary N) is 1. The number of primary amides is 1. The van der Waals surface area contributed by atoms with Crippen molar-refractivity contribution >= 4 is 29.1 Å². The van der Waals surface area contributed by atoms with Gasteiger partial charge in [-0.25, -0.2) is 4.98 Å². The molecule has 98 valence electrons. The molecule has 0 saturated heterocycles. The number of carbonyl (C=O) groups is 1. The van der Waals surface area contributed by atoms with E-state index >= 15 is 0 Å². The molecule has 2 rings (SSSR count). The molecule has 0 fully saturated rings. The Balaban J connectivity index is 2.17. The summed E-state index contributed by atoms with van der Waals surface area (Å²) < 4.78 is 5.54. The van der Waals surface area contributed by atoms with Crippen molar-refractivity contribution in [1.29, 1.82) is 0 Å². The Hall–Kier alpha value is -1.78. The van der Waals surface area contributed by atoms with E-state index in [2.05, 4.69) is 4.98 Å². The number of benzene rings is 1. The fourth-order valence-electron chi connectivity index (χ4n) is 1.50. The summed E-state index contributed by atoms with van der Waals surface area (Å²) in [7, 11) is 0. The number of carbonyl (C=O) groups excluding carboxylic acids is 1. The zero-order valence-electron chi connectivity index (χ0n) is 9.77. The molecule has 0 aliphatic rings. The van der Waals surface area contributed by atoms with Crippen LogP contribution in [0.1, 0.15) is 15.9 Å². The molecule has 0 radical (unpaired) electrons. The zero-order valence-corrected chi connectivity index (χ0v) is 11.3. The summed E-state index contributed by atoms with van der Waals surface area (Å²) in [5.41, 5.74) is 6.25. The van der Waals surface area contributed by atoms with Gasteiger partial charge in [0.1, 0.15) is 22.7 Å². The van der Waals surface area contributed by atoms with Crippen LogP contribution in [-0.4, -0.2) is 10.9 Å². The topological polar surface area (TPSA) is 65.2 Å². The molecule has 1 aromatic heterocycles. The maximum Gasteiger partial charge on any atom is 0.252 e. The van der Waals surface area contributed by atoms with E-state index in [0.717, 1.165) is 0 Å². The number of amides is 1. The number of aromatic nitrogens is 1. The van der Waals surface area contributed by atoms with Crippen LogP contribution in [-0.2, 0) is 6.61 Å². The Bertz CT molecular complexity index is 617. The van der Waals surface area contributed by atoms with Crippen LogP contribution in [0.15, 0.2) is 36.4 Å². The van der Waals surface area contributed by atoms with E-state index in [4.69, 9.17) is 33.7 Å². The summed E-state index contributed by atoms with van der Waals surface area (Å²) >= 11 is 11.6. The number of hydrogen-bond acceptors (Lipinski definition) is 3. The van der Waals surface area contributed by atoms with Gasteiger partial charge in [0.2, 0.25) is 0 Å². The second kappa shape index (κ2) is 5.91. The van der Waals surface area contributed by atoms with Gasteiger partial charge < -0.3 is 10.5 Å². The molecule has 19 heavy (non-hydrogen) atoms. The lowest BCUT2D eigenvalue weighted by molar-refractivity contribution is 0.0996. The van der Waals surface area contributed by atoms with E-state index < -0.39 is 5.91 Å². The first-order valence-corrected chi connectivity index (χ1v) is 6.16. The first-order chi connectivity index (χ1) is 9.08. The van der Waals surface area contributed by atoms with Gasteiger partial charge in [-0.15, -0.1) is 0 Å². The lowest BCUT2D eigenvalue weighted by Gasteiger charge is -2.10. The average Bonchev–Trinajstić information content (AvgIpc) is 2.38. The van der Waals surface area contributed by atoms with Crippen molar-refractivity contribution < 1.29 is 9.53 Å². The molecule has 0 unspecified atom stereocenters. The summed E-state index contributed by atoms with van der Waals surface area (Å²) in [6.07, 6.45) is 0. The van der Waals surface area contributed by atoms with E-state index in [9.17, 15) is 4.79 Å². The molecule has 2 aromatic rings. The molecule has 1 amide bonds. The number of nitrogens with zero attached hydrogens (tertiary/aromatic N) is 1. The summed E-state index contributed by atoms with van der Waals surface area (Å²) in [5.74, 6) is -0.142. The van der Waals surface area contributed by atoms with Gasteiger partial charge in [-0.3, -0.25) is 4.79 Å². The molecule has 1 aromatic carbocycles. The monoisotopic (exact) mass is 296 g/mol. The van der Waals surface area contributed by atoms with Crippen LogP contribution >= 0.6 is 23.2 Å². The van der Waals surface area contributed by atoms with Crippen LogP contribution in [0.5, 0.6) is 5.75 Å². The quantitative estimate of drug-likeness (QED) is 0.882. The third-order valence-corrected chi connectivity index (χ3v) is 2.97. The molecule has 0 aliphatic heterocycles. The smallest absolute Gasteiger partial charge is 0.252 e. The second-order valence-corrected chi connectivity index (χ2v) is 4.48. The maximum absolute atomic E-state index is 11.2. The minimum Gasteiger partial charge on any atom is -0.488 e. The van der Waals surface area contributed by atoms with E-state index in [0.29, 0.717) is 22.0 Å². The molecular weight excluding hydrogens is 287 g/mol. The van der Waals surface area contributed by atoms with Crippen molar-refractivity contribution in [3.05, 3.63) is 57.8 Å². The van der Waals surface area contributed by atoms with Crippen molar-refractivity contribution in [1.82, 2.24) is 4.98 Å². The summed E-state index contributed by atoms with van der Waals surface area (Å²) in [4.78, 5) is 15.1. The number of rotatable bonds is 4. The molecule has 0 saturated carbocycles. The van der Waals surface area contributed by atoms with Crippen LogP contribution in [0, 0.1) is 0 Å². The van der Waals surface area contributed by atoms with Gasteiger partial charge in [0.05, 0.1) is 5.56 Å². The van der Waals surface area contributed by atoms with E-state index in [1.807, 2.05) is 0 Å². The lowest BCUT2D eigenvalue weighted by atomic mass is 10.2. The summed E-state index contributed by atoms with van der Waals surface area (Å²) in [5, 5.41) is 0.579. The molecule has 0 aliphatic carbocycles. The fraction of sp³-hybridized carbons (Fsp3) is 0.0769. The predicted molar refractivity (Wildman–Crippen MR) is 73.5 cm³/mol. The highest BCUT2D eigenvalue weighted by Gasteiger charge is 2.09. The molecule has 2 N–H and O–H groups in total. The Kier molecular flexibility index (Phi) is 4.24. The average molecular weight is 297 g/mol. The van der Waals surface area contributed by atoms with E-state index in [-0.39, 0.29) is 11.8 Å². The van der Waals surface area contributed by atoms with Crippen LogP contribution in [0.4, 0.5) is 0 Å². The zero-order chi connectivity index (χ0) is 13.8. The summed E-state index contributed by atoms with van der Waals surface area (Å²) in [6, 6.07) is 10.1. The van der Waals surface area contributed by atoms with Crippen molar-refractivity contribution in [2.75, 3.05) is 0 Å². The van der Waals surface area contributed by atoms with E-state index in [1.54, 1.807) is 36.4 Å². The fourth-order valence-corrected chi connectivity index (χ4v) is 1.90. The van der Waals surface area contributed by atoms with Crippen LogP contribution in [0.25, 0.3) is 0 Å². The molecule has 1 heterocycles. The van der Waals surface area contributed by atoms with Gasteiger partial charge in [0, 0.05) is 5.56 Å². The normalized spacial score (nSPS) is 10.2. The van der Waals surface area contributed by atoms with Crippen molar-refractivity contribution in [2.24, 2.45) is 5.73 Å². The largest absolute Gasteiger partial charge is 0.488 e. The molecular formula is C13H10Cl2N2O2. The van der Waals surface area contributed by atoms with Gasteiger partial charge in [-0.05, 0) is 24.3 Å². The van der Waals surface area contributed by atoms with Crippen LogP contribution in [0.3, 0.4) is 0 Å². The summed E-state index contributed by atoms with van der Waals surface area (Å²) in [6.45, 7) is 0.174. The standard InChI is InChI=1S/C13H10Cl2N2O2/c14-11-6-5-8(12(15)17-11)7-19-10-4-2-1-3-9(10)13(16)18/h1-6H,7H2,(H2,16,18). The number of halogens is 2. The predicted octanol–water partition coefficient (Wildman–Crippen LogP) is 3.07. The Labute approximate surface area is 120 Å². The van der Waals surface area contributed by atoms with Gasteiger partial charge in [-0.2, -0.15) is 0 Å². The first-order valence-electron chi connectivity index (χ1n) is 5.40. The maximum atomic E-state index is 11.2. The third kappa shape index (κ3) is 3.36. The molecule has 0 atom stereocenters. The van der Waals surface area contributed by atoms with E-state index in [1.165, 1.54) is 0 Å². The number of pyridine rings is 1. The SMILES string of the molecule is NC(=O)c1ccccc1OCc1ccc(Cl)nc1Cl. The Morgan fingerprint density at radius 2 is 1.95 bits per heavy atom. The minimum atomic E-state index is -0.545. The van der Waals surface area contributed by atoms with Crippen molar-refractivity contribution in [2.45, 2.75) is 6.61 Å². The highest BCUT2D eigenvalue weighted by atomic mass is 35.5. The van der Waals surface area contributed by atoms with Crippen molar-refractivity contribution in [3.8, 4) is 5.75 Å². The second-order valence-electron chi connectivity index (χ2n) is 3.73. The molecule has 0 bridgehead atoms. The third-order valence-electron chi connectivity index (χ3n) is 2.43. The minimum absolute atomic E-state index is 0.174. The van der Waals surface area contributed by atoms with Gasteiger partial charge >= 0.3 is 0 Å². The van der Waals surface area contributed by atoms with Crippen LogP contribution < -0.4 is 10.5 Å². The van der Waals surface area contributed by atoms with Crippen molar-refractivity contribution in [3.63, 3.8) is 0 Å². The Morgan fingerprint density at radius 1 is 1.21 bits per heavy atom. The molecule has 6 heteroatoms. The van der Waals surface area contributed by atoms with Gasteiger partial charge in [0.15, 0.2) is 0 Å². The number of para-hydroxylation sites is 1. The van der Waals surface area contributed by atoms with Gasteiger partial charge in [-0.1, -0.05) is 35.3 Å². The molecule has 0 spiro atoms. The molecule has 4 nitrogen and oxygen atoms in total. The first kappa shape index (κ1) is 13.6. The highest BCUT2D eigenvalue weighted by molar-refractivity contribution is 6.32. The number of hydrogen-bond donors (Lipinski definition) is 1. The number of ether oxygens (including phenoxy) is 1.